The molecule has 0 aliphatic rings. The Bertz CT molecular complexity index is 856. The second-order valence-electron chi connectivity index (χ2n) is 4.51. The maximum atomic E-state index is 11.7. The molecule has 0 saturated heterocycles. The van der Waals surface area contributed by atoms with Crippen molar-refractivity contribution in [3.8, 4) is 22.8 Å². The fraction of sp³-hybridized carbons (Fsp3) is 0.125. The number of aromatic nitrogens is 2. The first-order valence-corrected chi connectivity index (χ1v) is 6.44. The first kappa shape index (κ1) is 13.2. The summed E-state index contributed by atoms with van der Waals surface area (Å²) in [4.78, 5) is 18.8. The zero-order valence-corrected chi connectivity index (χ0v) is 11.7. The van der Waals surface area contributed by atoms with Crippen LogP contribution in [0, 0.1) is 0 Å². The Morgan fingerprint density at radius 2 is 1.81 bits per heavy atom. The van der Waals surface area contributed by atoms with Crippen LogP contribution in [0.5, 0.6) is 11.5 Å². The topological polar surface area (TPSA) is 64.2 Å². The fourth-order valence-corrected chi connectivity index (χ4v) is 2.22. The molecule has 0 aliphatic heterocycles. The molecule has 0 fully saturated rings. The summed E-state index contributed by atoms with van der Waals surface area (Å²) in [6.45, 7) is 0. The summed E-state index contributed by atoms with van der Waals surface area (Å²) < 4.78 is 10.5. The minimum Gasteiger partial charge on any atom is -0.493 e. The zero-order valence-electron chi connectivity index (χ0n) is 11.7. The molecule has 3 rings (SSSR count). The van der Waals surface area contributed by atoms with Crippen molar-refractivity contribution in [3.63, 3.8) is 0 Å². The lowest BCUT2D eigenvalue weighted by molar-refractivity contribution is 0.355. The van der Waals surface area contributed by atoms with Crippen molar-refractivity contribution in [2.75, 3.05) is 14.2 Å². The highest BCUT2D eigenvalue weighted by atomic mass is 16.5. The smallest absolute Gasteiger partial charge is 0.257 e. The van der Waals surface area contributed by atoms with Crippen LogP contribution >= 0.6 is 0 Å². The molecule has 0 spiro atoms. The van der Waals surface area contributed by atoms with Gasteiger partial charge in [0.05, 0.1) is 30.8 Å². The van der Waals surface area contributed by atoms with E-state index < -0.39 is 0 Å². The quantitative estimate of drug-likeness (QED) is 0.802. The number of nitrogens with zero attached hydrogens (tertiary/aromatic N) is 1. The molecule has 5 nitrogen and oxygen atoms in total. The van der Waals surface area contributed by atoms with E-state index in [1.807, 2.05) is 24.3 Å². The van der Waals surface area contributed by atoms with Crippen LogP contribution in [0.25, 0.3) is 22.2 Å². The molecule has 0 unspecified atom stereocenters. The van der Waals surface area contributed by atoms with Crippen LogP contribution < -0.4 is 15.0 Å². The molecule has 21 heavy (non-hydrogen) atoms. The van der Waals surface area contributed by atoms with Gasteiger partial charge in [-0.1, -0.05) is 0 Å². The van der Waals surface area contributed by atoms with Gasteiger partial charge in [-0.2, -0.15) is 0 Å². The van der Waals surface area contributed by atoms with Crippen molar-refractivity contribution in [2.24, 2.45) is 0 Å². The molecule has 0 bridgehead atoms. The molecule has 0 radical (unpaired) electrons. The monoisotopic (exact) mass is 282 g/mol. The Morgan fingerprint density at radius 3 is 2.57 bits per heavy atom. The molecule has 1 aromatic carbocycles. The van der Waals surface area contributed by atoms with E-state index in [0.717, 1.165) is 11.3 Å². The maximum Gasteiger partial charge on any atom is 0.257 e. The van der Waals surface area contributed by atoms with Gasteiger partial charge in [-0.15, -0.1) is 0 Å². The summed E-state index contributed by atoms with van der Waals surface area (Å²) in [6, 6.07) is 11.0. The molecule has 1 N–H and O–H groups in total. The van der Waals surface area contributed by atoms with Gasteiger partial charge in [0.1, 0.15) is 0 Å². The minimum atomic E-state index is -0.140. The van der Waals surface area contributed by atoms with E-state index in [4.69, 9.17) is 9.47 Å². The number of hydrogen-bond acceptors (Lipinski definition) is 4. The van der Waals surface area contributed by atoms with Gasteiger partial charge in [-0.05, 0) is 36.4 Å². The van der Waals surface area contributed by atoms with Crippen molar-refractivity contribution in [1.29, 1.82) is 0 Å². The van der Waals surface area contributed by atoms with Gasteiger partial charge in [0, 0.05) is 11.8 Å². The molecule has 3 aromatic rings. The number of fused-ring (bicyclic) bond motifs is 1. The van der Waals surface area contributed by atoms with Gasteiger partial charge in [-0.3, -0.25) is 4.79 Å². The Hall–Kier alpha value is -2.82. The second kappa shape index (κ2) is 5.28. The summed E-state index contributed by atoms with van der Waals surface area (Å²) >= 11 is 0. The largest absolute Gasteiger partial charge is 0.493 e. The van der Waals surface area contributed by atoms with Crippen molar-refractivity contribution < 1.29 is 9.47 Å². The summed E-state index contributed by atoms with van der Waals surface area (Å²) in [6.07, 6.45) is 1.59. The fourth-order valence-electron chi connectivity index (χ4n) is 2.22. The number of H-pyrrole nitrogens is 1. The van der Waals surface area contributed by atoms with Gasteiger partial charge in [0.25, 0.3) is 5.56 Å². The normalized spacial score (nSPS) is 10.6. The van der Waals surface area contributed by atoms with Crippen molar-refractivity contribution in [1.82, 2.24) is 9.97 Å². The Labute approximate surface area is 121 Å². The average Bonchev–Trinajstić information content (AvgIpc) is 2.54. The summed E-state index contributed by atoms with van der Waals surface area (Å²) in [5.74, 6) is 1.31. The van der Waals surface area contributed by atoms with Gasteiger partial charge in [0.15, 0.2) is 11.5 Å². The maximum absolute atomic E-state index is 11.7. The van der Waals surface area contributed by atoms with Crippen molar-refractivity contribution in [3.05, 3.63) is 52.9 Å². The van der Waals surface area contributed by atoms with Crippen LogP contribution in [0.15, 0.2) is 47.4 Å². The van der Waals surface area contributed by atoms with E-state index in [2.05, 4.69) is 9.97 Å². The molecular formula is C16H14N2O3. The Balaban J connectivity index is 2.14. The molecule has 0 saturated carbocycles. The highest BCUT2D eigenvalue weighted by molar-refractivity contribution is 5.80. The molecule has 0 amide bonds. The molecule has 0 aliphatic carbocycles. The Kier molecular flexibility index (Phi) is 3.31. The van der Waals surface area contributed by atoms with Crippen LogP contribution in [-0.4, -0.2) is 24.2 Å². The minimum absolute atomic E-state index is 0.140. The van der Waals surface area contributed by atoms with Gasteiger partial charge >= 0.3 is 0 Å². The van der Waals surface area contributed by atoms with Crippen LogP contribution in [0.1, 0.15) is 0 Å². The first-order chi connectivity index (χ1) is 10.2. The van der Waals surface area contributed by atoms with Crippen molar-refractivity contribution in [2.45, 2.75) is 0 Å². The Morgan fingerprint density at radius 1 is 1.00 bits per heavy atom. The third kappa shape index (κ3) is 2.33. The van der Waals surface area contributed by atoms with E-state index in [1.165, 1.54) is 0 Å². The lowest BCUT2D eigenvalue weighted by atomic mass is 10.1. The van der Waals surface area contributed by atoms with Crippen LogP contribution in [0.3, 0.4) is 0 Å². The van der Waals surface area contributed by atoms with Gasteiger partial charge < -0.3 is 14.5 Å². The molecular weight excluding hydrogens is 268 g/mol. The molecule has 2 aromatic heterocycles. The van der Waals surface area contributed by atoms with E-state index >= 15 is 0 Å². The predicted molar refractivity (Wildman–Crippen MR) is 80.9 cm³/mol. The highest BCUT2D eigenvalue weighted by Gasteiger charge is 2.08. The molecule has 0 atom stereocenters. The third-order valence-electron chi connectivity index (χ3n) is 3.30. The highest BCUT2D eigenvalue weighted by Crippen LogP contribution is 2.31. The number of methoxy groups -OCH3 is 2. The number of hydrogen-bond donors (Lipinski definition) is 1. The summed E-state index contributed by atoms with van der Waals surface area (Å²) in [5.41, 5.74) is 2.19. The lowest BCUT2D eigenvalue weighted by Gasteiger charge is -2.09. The van der Waals surface area contributed by atoms with Crippen molar-refractivity contribution >= 4 is 10.9 Å². The molecule has 106 valence electrons. The van der Waals surface area contributed by atoms with Crippen LogP contribution in [0.2, 0.25) is 0 Å². The number of aromatic amines is 1. The first-order valence-electron chi connectivity index (χ1n) is 6.44. The lowest BCUT2D eigenvalue weighted by Crippen LogP contribution is -2.05. The summed E-state index contributed by atoms with van der Waals surface area (Å²) in [7, 11) is 3.19. The number of pyridine rings is 2. The standard InChI is InChI=1S/C16H14N2O3/c1-20-14-6-3-10(9-15(14)21-2)12-5-4-11-13(18-12)7-8-17-16(11)19/h3-9H,1-2H3,(H,17,19). The van der Waals surface area contributed by atoms with E-state index in [-0.39, 0.29) is 5.56 Å². The molecule has 2 heterocycles. The van der Waals surface area contributed by atoms with Gasteiger partial charge in [-0.25, -0.2) is 4.98 Å². The SMILES string of the molecule is COc1ccc(-c2ccc3c(=O)[nH]ccc3n2)cc1OC. The van der Waals surface area contributed by atoms with Crippen LogP contribution in [0.4, 0.5) is 0 Å². The van der Waals surface area contributed by atoms with E-state index in [9.17, 15) is 4.79 Å². The van der Waals surface area contributed by atoms with E-state index in [0.29, 0.717) is 22.4 Å². The van der Waals surface area contributed by atoms with Crippen LogP contribution in [-0.2, 0) is 0 Å². The average molecular weight is 282 g/mol. The number of ether oxygens (including phenoxy) is 2. The van der Waals surface area contributed by atoms with Gasteiger partial charge in [0.2, 0.25) is 0 Å². The second-order valence-corrected chi connectivity index (χ2v) is 4.51. The predicted octanol–water partition coefficient (Wildman–Crippen LogP) is 2.61. The number of benzene rings is 1. The number of rotatable bonds is 3. The zero-order chi connectivity index (χ0) is 14.8. The summed E-state index contributed by atoms with van der Waals surface area (Å²) in [5, 5.41) is 0.571. The number of nitrogens with one attached hydrogen (secondary N) is 1. The molecule has 5 heteroatoms. The van der Waals surface area contributed by atoms with E-state index in [1.54, 1.807) is 32.5 Å². The third-order valence-corrected chi connectivity index (χ3v) is 3.30.